The van der Waals surface area contributed by atoms with Crippen LogP contribution in [0.4, 0.5) is 5.69 Å². The number of piperidine rings is 2. The van der Waals surface area contributed by atoms with Crippen LogP contribution in [-0.4, -0.2) is 116 Å². The summed E-state index contributed by atoms with van der Waals surface area (Å²) in [7, 11) is 0. The van der Waals surface area contributed by atoms with E-state index >= 15 is 4.79 Å². The summed E-state index contributed by atoms with van der Waals surface area (Å²) in [5.74, 6) is -2.71. The lowest BCUT2D eigenvalue weighted by atomic mass is 9.92. The maximum absolute atomic E-state index is 15.0. The van der Waals surface area contributed by atoms with E-state index in [1.165, 1.54) is 16.1 Å². The normalized spacial score (nSPS) is 27.9. The van der Waals surface area contributed by atoms with Crippen LogP contribution < -0.4 is 15.5 Å². The first kappa shape index (κ1) is 39.0. The average Bonchev–Trinajstić information content (AvgIpc) is 3.94. The van der Waals surface area contributed by atoms with Crippen molar-refractivity contribution >= 4 is 51.9 Å². The van der Waals surface area contributed by atoms with Gasteiger partial charge in [0.1, 0.15) is 36.3 Å². The Morgan fingerprint density at radius 1 is 0.714 bits per heavy atom. The van der Waals surface area contributed by atoms with Crippen molar-refractivity contribution in [3.8, 4) is 0 Å². The van der Waals surface area contributed by atoms with Crippen LogP contribution in [0.3, 0.4) is 0 Å². The molecule has 1 aromatic heterocycles. The molecule has 0 saturated carbocycles. The third-order valence-corrected chi connectivity index (χ3v) is 12.4. The molecule has 1 unspecified atom stereocenters. The van der Waals surface area contributed by atoms with E-state index in [1.54, 1.807) is 29.0 Å². The molecule has 7 atom stereocenters. The number of hydrogen-bond acceptors (Lipinski definition) is 7. The zero-order valence-corrected chi connectivity index (χ0v) is 32.6. The average molecular weight is 767 g/mol. The molecule has 5 heterocycles. The molecule has 0 spiro atoms. The Balaban J connectivity index is 1.33. The van der Waals surface area contributed by atoms with Gasteiger partial charge in [0.25, 0.3) is 5.91 Å². The van der Waals surface area contributed by atoms with Crippen LogP contribution in [0.2, 0.25) is 0 Å². The van der Waals surface area contributed by atoms with Gasteiger partial charge in [0.15, 0.2) is 0 Å². The number of fused-ring (bicyclic) bond motifs is 4. The van der Waals surface area contributed by atoms with Gasteiger partial charge in [0.2, 0.25) is 29.5 Å². The van der Waals surface area contributed by atoms with E-state index in [0.717, 1.165) is 23.6 Å². The largest absolute Gasteiger partial charge is 0.348 e. The second-order valence-electron chi connectivity index (χ2n) is 15.9. The van der Waals surface area contributed by atoms with E-state index in [9.17, 15) is 24.0 Å². The lowest BCUT2D eigenvalue weighted by molar-refractivity contribution is -0.155. The molecular formula is C42H54N8O6. The van der Waals surface area contributed by atoms with Crippen LogP contribution >= 0.6 is 0 Å². The summed E-state index contributed by atoms with van der Waals surface area (Å²) in [6, 6.07) is 7.65. The molecule has 4 aliphatic heterocycles. The molecule has 4 aliphatic rings. The van der Waals surface area contributed by atoms with E-state index in [2.05, 4.69) is 20.6 Å². The second kappa shape index (κ2) is 16.8. The van der Waals surface area contributed by atoms with Gasteiger partial charge in [-0.15, -0.1) is 0 Å². The van der Waals surface area contributed by atoms with Gasteiger partial charge < -0.3 is 30.3 Å². The number of aromatic amines is 1. The molecule has 6 amide bonds. The first-order valence-electron chi connectivity index (χ1n) is 20.4. The lowest BCUT2D eigenvalue weighted by Crippen LogP contribution is -2.64. The molecule has 2 aromatic carbocycles. The minimum absolute atomic E-state index is 0.0950. The van der Waals surface area contributed by atoms with Crippen LogP contribution in [0.5, 0.6) is 0 Å². The van der Waals surface area contributed by atoms with E-state index in [4.69, 9.17) is 0 Å². The third kappa shape index (κ3) is 7.74. The van der Waals surface area contributed by atoms with Gasteiger partial charge in [0.05, 0.1) is 6.33 Å². The number of nitrogens with zero attached hydrogens (tertiary/aromatic N) is 5. The number of rotatable bonds is 5. The molecule has 7 rings (SSSR count). The van der Waals surface area contributed by atoms with Gasteiger partial charge in [-0.3, -0.25) is 33.7 Å². The SMILES string of the molecule is CCC(C)[C@@H]1NC(=O)[C@@H](C)N(c2ccc3ccccc3c2)C(=O)[C@@H]2CCCN2C(=O)[C@@H](Cc2cnc[nH]2)NC(=O)[C@@H]2CCCCN2C(=O)[C@H]2CCCCN2C1=O. The van der Waals surface area contributed by atoms with Crippen LogP contribution in [-0.2, 0) is 35.2 Å². The smallest absolute Gasteiger partial charge is 0.250 e. The summed E-state index contributed by atoms with van der Waals surface area (Å²) in [4.78, 5) is 101. The predicted octanol–water partition coefficient (Wildman–Crippen LogP) is 3.31. The van der Waals surface area contributed by atoms with Gasteiger partial charge >= 0.3 is 0 Å². The number of nitrogens with one attached hydrogen (secondary N) is 3. The molecular weight excluding hydrogens is 713 g/mol. The van der Waals surface area contributed by atoms with Crippen LogP contribution in [0.1, 0.15) is 84.3 Å². The molecule has 14 heteroatoms. The Hall–Kier alpha value is -5.27. The first-order valence-corrected chi connectivity index (χ1v) is 20.4. The van der Waals surface area contributed by atoms with E-state index in [1.807, 2.05) is 50.2 Å². The molecule has 0 radical (unpaired) electrons. The molecule has 298 valence electrons. The topological polar surface area (TPSA) is 168 Å². The minimum atomic E-state index is -1.08. The Bertz CT molecular complexity index is 1950. The summed E-state index contributed by atoms with van der Waals surface area (Å²) in [6.07, 6.45) is 8.42. The first-order chi connectivity index (χ1) is 27.1. The van der Waals surface area contributed by atoms with Crippen molar-refractivity contribution in [1.29, 1.82) is 0 Å². The summed E-state index contributed by atoms with van der Waals surface area (Å²) >= 11 is 0. The van der Waals surface area contributed by atoms with Gasteiger partial charge in [-0.2, -0.15) is 0 Å². The Kier molecular flexibility index (Phi) is 11.7. The summed E-state index contributed by atoms with van der Waals surface area (Å²) in [6.45, 7) is 6.48. The fourth-order valence-electron chi connectivity index (χ4n) is 8.96. The number of hydrogen-bond donors (Lipinski definition) is 3. The van der Waals surface area contributed by atoms with Crippen molar-refractivity contribution in [1.82, 2.24) is 35.3 Å². The quantitative estimate of drug-likeness (QED) is 0.358. The van der Waals surface area contributed by atoms with Gasteiger partial charge in [-0.05, 0) is 87.1 Å². The molecule has 4 fully saturated rings. The highest BCUT2D eigenvalue weighted by Gasteiger charge is 2.46. The van der Waals surface area contributed by atoms with Crippen molar-refractivity contribution in [2.75, 3.05) is 24.5 Å². The van der Waals surface area contributed by atoms with E-state index in [0.29, 0.717) is 69.4 Å². The maximum atomic E-state index is 15.0. The van der Waals surface area contributed by atoms with Gasteiger partial charge in [0, 0.05) is 43.6 Å². The standard InChI is InChI=1S/C42H54N8O6/c1-4-26(2)36-42(56)49-20-10-8-15-34(49)40(54)47-19-9-7-14-33(47)38(52)45-32(23-30-24-43-25-44-30)39(53)48-21-11-16-35(48)41(55)50(27(3)37(51)46-36)31-18-17-28-12-5-6-13-29(28)22-31/h5-6,12-13,17-18,22,24-27,32-36H,4,7-11,14-16,19-21,23H2,1-3H3,(H,43,44)(H,45,52)(H,46,51)/t26?,27-,32-,33+,34-,35+,36+/m1/s1. The predicted molar refractivity (Wildman–Crippen MR) is 210 cm³/mol. The zero-order chi connectivity index (χ0) is 39.5. The van der Waals surface area contributed by atoms with Crippen LogP contribution in [0.15, 0.2) is 55.0 Å². The number of imidazole rings is 1. The van der Waals surface area contributed by atoms with Crippen molar-refractivity contribution in [2.24, 2.45) is 5.92 Å². The molecule has 3 N–H and O–H groups in total. The third-order valence-electron chi connectivity index (χ3n) is 12.4. The zero-order valence-electron chi connectivity index (χ0n) is 32.6. The molecule has 56 heavy (non-hydrogen) atoms. The maximum Gasteiger partial charge on any atom is 0.250 e. The number of anilines is 1. The molecule has 14 nitrogen and oxygen atoms in total. The van der Waals surface area contributed by atoms with Gasteiger partial charge in [-0.1, -0.05) is 50.6 Å². The summed E-state index contributed by atoms with van der Waals surface area (Å²) in [5, 5.41) is 7.87. The number of carbonyl (C=O) groups is 6. The fraction of sp³-hybridized carbons (Fsp3) is 0.548. The highest BCUT2D eigenvalue weighted by molar-refractivity contribution is 6.07. The second-order valence-corrected chi connectivity index (χ2v) is 15.9. The molecule has 4 saturated heterocycles. The van der Waals surface area contributed by atoms with Crippen molar-refractivity contribution in [3.05, 3.63) is 60.7 Å². The van der Waals surface area contributed by atoms with Crippen LogP contribution in [0.25, 0.3) is 10.8 Å². The highest BCUT2D eigenvalue weighted by atomic mass is 16.2. The van der Waals surface area contributed by atoms with E-state index < -0.39 is 59.9 Å². The monoisotopic (exact) mass is 766 g/mol. The van der Waals surface area contributed by atoms with Gasteiger partial charge in [-0.25, -0.2) is 4.98 Å². The summed E-state index contributed by atoms with van der Waals surface area (Å²) < 4.78 is 0. The highest BCUT2D eigenvalue weighted by Crippen LogP contribution is 2.31. The Morgan fingerprint density at radius 3 is 2.07 bits per heavy atom. The lowest BCUT2D eigenvalue weighted by Gasteiger charge is -2.43. The number of aromatic nitrogens is 2. The Labute approximate surface area is 327 Å². The van der Waals surface area contributed by atoms with Crippen LogP contribution in [0, 0.1) is 5.92 Å². The minimum Gasteiger partial charge on any atom is -0.348 e. The molecule has 0 bridgehead atoms. The molecule has 0 aliphatic carbocycles. The number of carbonyl (C=O) groups excluding carboxylic acids is 6. The Morgan fingerprint density at radius 2 is 1.36 bits per heavy atom. The summed E-state index contributed by atoms with van der Waals surface area (Å²) in [5.41, 5.74) is 1.11. The number of benzene rings is 2. The van der Waals surface area contributed by atoms with E-state index in [-0.39, 0.29) is 30.7 Å². The van der Waals surface area contributed by atoms with Crippen molar-refractivity contribution in [3.63, 3.8) is 0 Å². The fourth-order valence-corrected chi connectivity index (χ4v) is 8.96. The number of H-pyrrole nitrogens is 1. The molecule has 3 aromatic rings. The van der Waals surface area contributed by atoms with Crippen molar-refractivity contribution in [2.45, 2.75) is 121 Å². The number of amides is 6. The van der Waals surface area contributed by atoms with Crippen molar-refractivity contribution < 1.29 is 28.8 Å².